The number of piperidine rings is 1. The van der Waals surface area contributed by atoms with E-state index < -0.39 is 0 Å². The number of nitrogens with zero attached hydrogens (tertiary/aromatic N) is 1. The second-order valence-corrected chi connectivity index (χ2v) is 6.51. The molecule has 2 N–H and O–H groups in total. The highest BCUT2D eigenvalue weighted by Gasteiger charge is 2.27. The fourth-order valence-corrected chi connectivity index (χ4v) is 3.11. The first-order chi connectivity index (χ1) is 13.1. The van der Waals surface area contributed by atoms with E-state index in [2.05, 4.69) is 10.6 Å². The molecular weight excluding hydrogens is 346 g/mol. The van der Waals surface area contributed by atoms with Crippen molar-refractivity contribution in [3.63, 3.8) is 0 Å². The van der Waals surface area contributed by atoms with E-state index in [1.54, 1.807) is 17.0 Å². The smallest absolute Gasteiger partial charge is 0.317 e. The summed E-state index contributed by atoms with van der Waals surface area (Å²) in [5.41, 5.74) is 0.716. The van der Waals surface area contributed by atoms with Gasteiger partial charge in [-0.3, -0.25) is 9.59 Å². The molecule has 0 atom stereocenters. The molecule has 2 heterocycles. The molecule has 3 amide bonds. The predicted molar refractivity (Wildman–Crippen MR) is 99.0 cm³/mol. The van der Waals surface area contributed by atoms with Crippen LogP contribution in [-0.2, 0) is 11.3 Å². The largest absolute Gasteiger partial charge is 0.467 e. The third kappa shape index (κ3) is 5.20. The lowest BCUT2D eigenvalue weighted by Crippen LogP contribution is -2.47. The molecule has 27 heavy (non-hydrogen) atoms. The topological polar surface area (TPSA) is 91.7 Å². The Kier molecular flexibility index (Phi) is 6.25. The van der Waals surface area contributed by atoms with Gasteiger partial charge in [0.2, 0.25) is 5.91 Å². The van der Waals surface area contributed by atoms with Crippen LogP contribution in [-0.4, -0.2) is 42.3 Å². The number of carbonyl (C=O) groups is 3. The summed E-state index contributed by atoms with van der Waals surface area (Å²) < 4.78 is 5.13. The number of likely N-dealkylation sites (tertiary alicyclic amines) is 1. The van der Waals surface area contributed by atoms with Crippen LogP contribution < -0.4 is 10.6 Å². The zero-order valence-electron chi connectivity index (χ0n) is 15.0. The molecule has 0 saturated carbocycles. The minimum atomic E-state index is -0.284. The number of ketones is 1. The number of hydrogen-bond acceptors (Lipinski definition) is 4. The average Bonchev–Trinajstić information content (AvgIpc) is 3.24. The van der Waals surface area contributed by atoms with Gasteiger partial charge in [0.15, 0.2) is 5.78 Å². The molecule has 1 aliphatic rings. The molecule has 3 rings (SSSR count). The molecule has 7 nitrogen and oxygen atoms in total. The highest BCUT2D eigenvalue weighted by Crippen LogP contribution is 2.21. The monoisotopic (exact) mass is 369 g/mol. The van der Waals surface area contributed by atoms with Gasteiger partial charge >= 0.3 is 6.03 Å². The average molecular weight is 369 g/mol. The molecule has 0 aliphatic carbocycles. The second kappa shape index (κ2) is 9.02. The van der Waals surface area contributed by atoms with E-state index >= 15 is 0 Å². The van der Waals surface area contributed by atoms with Gasteiger partial charge in [-0.05, 0) is 25.0 Å². The number of nitrogens with one attached hydrogen (secondary N) is 2. The van der Waals surface area contributed by atoms with Gasteiger partial charge in [-0.1, -0.05) is 30.3 Å². The molecule has 1 aromatic carbocycles. The Bertz CT molecular complexity index is 766. The van der Waals surface area contributed by atoms with Crippen molar-refractivity contribution in [3.05, 3.63) is 60.1 Å². The Labute approximate surface area is 157 Å². The van der Waals surface area contributed by atoms with Crippen molar-refractivity contribution in [2.45, 2.75) is 19.4 Å². The van der Waals surface area contributed by atoms with Crippen LogP contribution in [0.4, 0.5) is 4.79 Å². The van der Waals surface area contributed by atoms with Crippen LogP contribution in [0.1, 0.15) is 29.0 Å². The molecule has 1 fully saturated rings. The van der Waals surface area contributed by atoms with Gasteiger partial charge in [-0.2, -0.15) is 0 Å². The Morgan fingerprint density at radius 1 is 1.00 bits per heavy atom. The van der Waals surface area contributed by atoms with Crippen molar-refractivity contribution in [2.24, 2.45) is 5.92 Å². The van der Waals surface area contributed by atoms with Crippen molar-refractivity contribution in [2.75, 3.05) is 19.6 Å². The van der Waals surface area contributed by atoms with Crippen molar-refractivity contribution in [1.29, 1.82) is 0 Å². The van der Waals surface area contributed by atoms with Gasteiger partial charge in [0.05, 0.1) is 19.4 Å². The number of benzene rings is 1. The van der Waals surface area contributed by atoms with Crippen LogP contribution in [0.5, 0.6) is 0 Å². The van der Waals surface area contributed by atoms with Crippen LogP contribution in [0.2, 0.25) is 0 Å². The van der Waals surface area contributed by atoms with Crippen LogP contribution >= 0.6 is 0 Å². The number of hydrogen-bond donors (Lipinski definition) is 2. The lowest BCUT2D eigenvalue weighted by atomic mass is 9.89. The van der Waals surface area contributed by atoms with Crippen LogP contribution in [0, 0.1) is 5.92 Å². The van der Waals surface area contributed by atoms with Crippen LogP contribution in [0.15, 0.2) is 53.1 Å². The lowest BCUT2D eigenvalue weighted by molar-refractivity contribution is -0.120. The molecular formula is C20H23N3O4. The van der Waals surface area contributed by atoms with Gasteiger partial charge in [0.1, 0.15) is 5.76 Å². The van der Waals surface area contributed by atoms with Crippen LogP contribution in [0.25, 0.3) is 0 Å². The highest BCUT2D eigenvalue weighted by molar-refractivity contribution is 5.98. The third-order valence-electron chi connectivity index (χ3n) is 4.65. The standard InChI is InChI=1S/C20H23N3O4/c24-18(21-13-17-7-4-12-27-17)14-22-20(26)23-10-8-16(9-11-23)19(25)15-5-2-1-3-6-15/h1-7,12,16H,8-11,13-14H2,(H,21,24)(H,22,26). The Hall–Kier alpha value is -3.09. The summed E-state index contributed by atoms with van der Waals surface area (Å²) in [6.45, 7) is 1.20. The van der Waals surface area contributed by atoms with E-state index in [0.717, 1.165) is 0 Å². The highest BCUT2D eigenvalue weighted by atomic mass is 16.3. The summed E-state index contributed by atoms with van der Waals surface area (Å²) in [4.78, 5) is 38.1. The molecule has 0 bridgehead atoms. The molecule has 1 aromatic heterocycles. The summed E-state index contributed by atoms with van der Waals surface area (Å²) in [5.74, 6) is 0.440. The predicted octanol–water partition coefficient (Wildman–Crippen LogP) is 2.20. The summed E-state index contributed by atoms with van der Waals surface area (Å²) in [5, 5.41) is 5.29. The summed E-state index contributed by atoms with van der Waals surface area (Å²) in [7, 11) is 0. The molecule has 2 aromatic rings. The van der Waals surface area contributed by atoms with Gasteiger partial charge < -0.3 is 20.0 Å². The zero-order chi connectivity index (χ0) is 19.1. The van der Waals surface area contributed by atoms with E-state index in [4.69, 9.17) is 4.42 Å². The van der Waals surface area contributed by atoms with Crippen molar-refractivity contribution >= 4 is 17.7 Å². The molecule has 7 heteroatoms. The minimum absolute atomic E-state index is 0.0620. The first-order valence-corrected chi connectivity index (χ1v) is 9.04. The summed E-state index contributed by atoms with van der Waals surface area (Å²) in [6, 6.07) is 12.5. The minimum Gasteiger partial charge on any atom is -0.467 e. The Morgan fingerprint density at radius 2 is 1.74 bits per heavy atom. The molecule has 142 valence electrons. The van der Waals surface area contributed by atoms with Crippen LogP contribution in [0.3, 0.4) is 0 Å². The number of carbonyl (C=O) groups excluding carboxylic acids is 3. The maximum absolute atomic E-state index is 12.5. The molecule has 1 saturated heterocycles. The maximum atomic E-state index is 12.5. The van der Waals surface area contributed by atoms with E-state index in [1.807, 2.05) is 30.3 Å². The molecule has 1 aliphatic heterocycles. The van der Waals surface area contributed by atoms with E-state index in [1.165, 1.54) is 6.26 Å². The fraction of sp³-hybridized carbons (Fsp3) is 0.350. The fourth-order valence-electron chi connectivity index (χ4n) is 3.11. The number of Topliss-reactive ketones (excluding diaryl/α,β-unsaturated/α-hetero) is 1. The molecule has 0 spiro atoms. The van der Waals surface area contributed by atoms with Gasteiger partial charge in [-0.25, -0.2) is 4.79 Å². The zero-order valence-corrected chi connectivity index (χ0v) is 15.0. The number of rotatable bonds is 6. The third-order valence-corrected chi connectivity index (χ3v) is 4.65. The maximum Gasteiger partial charge on any atom is 0.317 e. The Morgan fingerprint density at radius 3 is 2.41 bits per heavy atom. The summed E-state index contributed by atoms with van der Waals surface area (Å²) >= 11 is 0. The van der Waals surface area contributed by atoms with Crippen molar-refractivity contribution in [3.8, 4) is 0 Å². The number of amides is 3. The second-order valence-electron chi connectivity index (χ2n) is 6.51. The SMILES string of the molecule is O=C(CNC(=O)N1CCC(C(=O)c2ccccc2)CC1)NCc1ccco1. The first-order valence-electron chi connectivity index (χ1n) is 9.04. The van der Waals surface area contributed by atoms with E-state index in [9.17, 15) is 14.4 Å². The van der Waals surface area contributed by atoms with Crippen molar-refractivity contribution in [1.82, 2.24) is 15.5 Å². The number of furan rings is 1. The van der Waals surface area contributed by atoms with E-state index in [0.29, 0.717) is 37.3 Å². The van der Waals surface area contributed by atoms with Crippen molar-refractivity contribution < 1.29 is 18.8 Å². The van der Waals surface area contributed by atoms with Gasteiger partial charge in [0.25, 0.3) is 0 Å². The lowest BCUT2D eigenvalue weighted by Gasteiger charge is -2.31. The van der Waals surface area contributed by atoms with Gasteiger partial charge in [-0.15, -0.1) is 0 Å². The van der Waals surface area contributed by atoms with Gasteiger partial charge in [0, 0.05) is 24.6 Å². The van der Waals surface area contributed by atoms with E-state index in [-0.39, 0.29) is 36.7 Å². The molecule has 0 unspecified atom stereocenters. The normalized spacial score (nSPS) is 14.6. The quantitative estimate of drug-likeness (QED) is 0.764. The first kappa shape index (κ1) is 18.7. The number of urea groups is 1. The Balaban J connectivity index is 1.38. The molecule has 0 radical (unpaired) electrons. The summed E-state index contributed by atoms with van der Waals surface area (Å²) in [6.07, 6.45) is 2.80.